The molecule has 1 saturated heterocycles. The van der Waals surface area contributed by atoms with Gasteiger partial charge in [0.25, 0.3) is 0 Å². The lowest BCUT2D eigenvalue weighted by molar-refractivity contribution is 0.885. The summed E-state index contributed by atoms with van der Waals surface area (Å²) in [4.78, 5) is 10.9. The van der Waals surface area contributed by atoms with Gasteiger partial charge < -0.3 is 4.90 Å². The van der Waals surface area contributed by atoms with E-state index < -0.39 is 0 Å². The van der Waals surface area contributed by atoms with Gasteiger partial charge in [0.05, 0.1) is 9.26 Å². The van der Waals surface area contributed by atoms with Gasteiger partial charge in [0.15, 0.2) is 0 Å². The molecule has 0 unspecified atom stereocenters. The van der Waals surface area contributed by atoms with Crippen LogP contribution in [0.15, 0.2) is 0 Å². The first-order chi connectivity index (χ1) is 6.68. The lowest BCUT2D eigenvalue weighted by atomic mass is 10.4. The minimum atomic E-state index is 0.569. The molecule has 1 aromatic rings. The topological polar surface area (TPSA) is 29.0 Å². The molecule has 76 valence electrons. The van der Waals surface area contributed by atoms with Gasteiger partial charge in [0, 0.05) is 13.1 Å². The highest BCUT2D eigenvalue weighted by Crippen LogP contribution is 2.23. The first-order valence-corrected chi connectivity index (χ1v) is 6.09. The first kappa shape index (κ1) is 10.4. The normalized spacial score (nSPS) is 16.4. The van der Waals surface area contributed by atoms with E-state index in [0.717, 1.165) is 28.3 Å². The Labute approximate surface area is 102 Å². The van der Waals surface area contributed by atoms with E-state index in [1.54, 1.807) is 0 Å². The minimum absolute atomic E-state index is 0.569. The first-order valence-electron chi connectivity index (χ1n) is 4.63. The van der Waals surface area contributed by atoms with E-state index in [0.29, 0.717) is 5.15 Å². The molecule has 1 aromatic heterocycles. The maximum atomic E-state index is 6.01. The number of halogens is 2. The maximum Gasteiger partial charge on any atom is 0.227 e. The van der Waals surface area contributed by atoms with Gasteiger partial charge in [-0.05, 0) is 42.4 Å². The van der Waals surface area contributed by atoms with Gasteiger partial charge in [0.1, 0.15) is 5.15 Å². The van der Waals surface area contributed by atoms with Crippen LogP contribution in [0.4, 0.5) is 5.95 Å². The molecule has 0 spiro atoms. The van der Waals surface area contributed by atoms with Gasteiger partial charge in [-0.15, -0.1) is 0 Å². The van der Waals surface area contributed by atoms with Crippen molar-refractivity contribution < 1.29 is 0 Å². The molecule has 0 aromatic carbocycles. The van der Waals surface area contributed by atoms with Crippen LogP contribution in [0.3, 0.4) is 0 Å². The second-order valence-corrected chi connectivity index (χ2v) is 4.84. The molecule has 3 nitrogen and oxygen atoms in total. The molecule has 0 radical (unpaired) electrons. The van der Waals surface area contributed by atoms with Gasteiger partial charge in [-0.25, -0.2) is 4.98 Å². The average Bonchev–Trinajstić information content (AvgIpc) is 2.66. The molecule has 0 saturated carbocycles. The SMILES string of the molecule is Cc1nc(N2CCCC2)nc(Cl)c1I. The molecule has 1 aliphatic heterocycles. The fourth-order valence-electron chi connectivity index (χ4n) is 1.57. The van der Waals surface area contributed by atoms with Gasteiger partial charge >= 0.3 is 0 Å². The second-order valence-electron chi connectivity index (χ2n) is 3.41. The zero-order valence-electron chi connectivity index (χ0n) is 7.93. The predicted octanol–water partition coefficient (Wildman–Crippen LogP) is 2.64. The molecule has 2 rings (SSSR count). The Morgan fingerprint density at radius 1 is 1.29 bits per heavy atom. The fraction of sp³-hybridized carbons (Fsp3) is 0.556. The molecular formula is C9H11ClIN3. The van der Waals surface area contributed by atoms with E-state index >= 15 is 0 Å². The van der Waals surface area contributed by atoms with E-state index in [-0.39, 0.29) is 0 Å². The summed E-state index contributed by atoms with van der Waals surface area (Å²) in [5, 5.41) is 0.569. The Kier molecular flexibility index (Phi) is 3.11. The number of hydrogen-bond donors (Lipinski definition) is 0. The van der Waals surface area contributed by atoms with Crippen molar-refractivity contribution in [2.75, 3.05) is 18.0 Å². The minimum Gasteiger partial charge on any atom is -0.341 e. The van der Waals surface area contributed by atoms with E-state index in [9.17, 15) is 0 Å². The molecule has 2 heterocycles. The Morgan fingerprint density at radius 2 is 1.93 bits per heavy atom. The van der Waals surface area contributed by atoms with Crippen LogP contribution in [0.25, 0.3) is 0 Å². The predicted molar refractivity (Wildman–Crippen MR) is 65.9 cm³/mol. The summed E-state index contributed by atoms with van der Waals surface area (Å²) >= 11 is 8.19. The molecule has 1 fully saturated rings. The average molecular weight is 324 g/mol. The van der Waals surface area contributed by atoms with Crippen molar-refractivity contribution >= 4 is 40.1 Å². The number of anilines is 1. The lowest BCUT2D eigenvalue weighted by Crippen LogP contribution is -2.21. The van der Waals surface area contributed by atoms with Crippen LogP contribution in [-0.2, 0) is 0 Å². The number of aromatic nitrogens is 2. The molecule has 0 atom stereocenters. The van der Waals surface area contributed by atoms with Crippen molar-refractivity contribution in [2.24, 2.45) is 0 Å². The standard InChI is InChI=1S/C9H11ClIN3/c1-6-7(11)8(10)13-9(12-6)14-4-2-3-5-14/h2-5H2,1H3. The summed E-state index contributed by atoms with van der Waals surface area (Å²) in [6.45, 7) is 4.07. The molecular weight excluding hydrogens is 312 g/mol. The van der Waals surface area contributed by atoms with Crippen LogP contribution in [0, 0.1) is 10.5 Å². The van der Waals surface area contributed by atoms with Gasteiger partial charge in [0.2, 0.25) is 5.95 Å². The monoisotopic (exact) mass is 323 g/mol. The number of hydrogen-bond acceptors (Lipinski definition) is 3. The zero-order chi connectivity index (χ0) is 10.1. The number of rotatable bonds is 1. The van der Waals surface area contributed by atoms with E-state index in [4.69, 9.17) is 11.6 Å². The second kappa shape index (κ2) is 4.18. The molecule has 14 heavy (non-hydrogen) atoms. The molecule has 0 aliphatic carbocycles. The number of aryl methyl sites for hydroxylation is 1. The molecule has 0 N–H and O–H groups in total. The Bertz CT molecular complexity index is 327. The summed E-state index contributed by atoms with van der Waals surface area (Å²) in [6, 6.07) is 0. The van der Waals surface area contributed by atoms with Crippen molar-refractivity contribution in [3.63, 3.8) is 0 Å². The highest BCUT2D eigenvalue weighted by molar-refractivity contribution is 14.1. The van der Waals surface area contributed by atoms with Gasteiger partial charge in [-0.3, -0.25) is 0 Å². The molecule has 0 bridgehead atoms. The maximum absolute atomic E-state index is 6.01. The van der Waals surface area contributed by atoms with Crippen LogP contribution in [-0.4, -0.2) is 23.1 Å². The third-order valence-electron chi connectivity index (χ3n) is 2.35. The fourth-order valence-corrected chi connectivity index (χ4v) is 2.02. The van der Waals surface area contributed by atoms with E-state index in [1.165, 1.54) is 12.8 Å². The Morgan fingerprint density at radius 3 is 2.50 bits per heavy atom. The van der Waals surface area contributed by atoms with Crippen molar-refractivity contribution in [3.8, 4) is 0 Å². The van der Waals surface area contributed by atoms with Crippen LogP contribution in [0.5, 0.6) is 0 Å². The number of nitrogens with zero attached hydrogens (tertiary/aromatic N) is 3. The van der Waals surface area contributed by atoms with E-state index in [1.807, 2.05) is 6.92 Å². The third kappa shape index (κ3) is 1.95. The van der Waals surface area contributed by atoms with Crippen molar-refractivity contribution in [2.45, 2.75) is 19.8 Å². The smallest absolute Gasteiger partial charge is 0.227 e. The zero-order valence-corrected chi connectivity index (χ0v) is 10.8. The summed E-state index contributed by atoms with van der Waals surface area (Å²) in [7, 11) is 0. The lowest BCUT2D eigenvalue weighted by Gasteiger charge is -2.15. The molecule has 5 heteroatoms. The van der Waals surface area contributed by atoms with Crippen molar-refractivity contribution in [1.82, 2.24) is 9.97 Å². The summed E-state index contributed by atoms with van der Waals surface area (Å²) in [5.74, 6) is 0.783. The van der Waals surface area contributed by atoms with Crippen LogP contribution in [0.1, 0.15) is 18.5 Å². The highest BCUT2D eigenvalue weighted by atomic mass is 127. The molecule has 1 aliphatic rings. The Hall–Kier alpha value is -0.100. The van der Waals surface area contributed by atoms with Crippen LogP contribution < -0.4 is 4.90 Å². The van der Waals surface area contributed by atoms with Gasteiger partial charge in [-0.2, -0.15) is 4.98 Å². The summed E-state index contributed by atoms with van der Waals surface area (Å²) in [5.41, 5.74) is 0.965. The Balaban J connectivity index is 2.34. The van der Waals surface area contributed by atoms with Crippen LogP contribution in [0.2, 0.25) is 5.15 Å². The molecule has 0 amide bonds. The quantitative estimate of drug-likeness (QED) is 0.588. The third-order valence-corrected chi connectivity index (χ3v) is 4.24. The summed E-state index contributed by atoms with van der Waals surface area (Å²) < 4.78 is 0.951. The van der Waals surface area contributed by atoms with Crippen molar-refractivity contribution in [1.29, 1.82) is 0 Å². The van der Waals surface area contributed by atoms with Crippen molar-refractivity contribution in [3.05, 3.63) is 14.4 Å². The van der Waals surface area contributed by atoms with Crippen LogP contribution >= 0.6 is 34.2 Å². The van der Waals surface area contributed by atoms with E-state index in [2.05, 4.69) is 37.5 Å². The highest BCUT2D eigenvalue weighted by Gasteiger charge is 2.17. The van der Waals surface area contributed by atoms with Gasteiger partial charge in [-0.1, -0.05) is 11.6 Å². The largest absolute Gasteiger partial charge is 0.341 e. The summed E-state index contributed by atoms with van der Waals surface area (Å²) in [6.07, 6.45) is 2.46.